The molecule has 132 valence electrons. The van der Waals surface area contributed by atoms with E-state index in [1.54, 1.807) is 18.2 Å². The first-order valence-electron chi connectivity index (χ1n) is 8.72. The average Bonchev–Trinajstić information content (AvgIpc) is 3.32. The summed E-state index contributed by atoms with van der Waals surface area (Å²) in [6.45, 7) is 2.75. The SMILES string of the molecule is Cc1cccc([C@@H]2CCCN2C(=O)c2cc(-c3ccc(F)cc3)no2)c1. The van der Waals surface area contributed by atoms with Gasteiger partial charge in [-0.05, 0) is 49.6 Å². The number of likely N-dealkylation sites (tertiary alicyclic amines) is 1. The normalized spacial score (nSPS) is 16.8. The molecule has 1 amide bonds. The molecule has 1 aliphatic heterocycles. The Morgan fingerprint density at radius 1 is 1.19 bits per heavy atom. The number of carbonyl (C=O) groups excluding carboxylic acids is 1. The highest BCUT2D eigenvalue weighted by Crippen LogP contribution is 2.34. The highest BCUT2D eigenvalue weighted by Gasteiger charge is 2.32. The lowest BCUT2D eigenvalue weighted by molar-refractivity contribution is 0.0693. The standard InChI is InChI=1S/C21H19FN2O2/c1-14-4-2-5-16(12-14)19-6-3-11-24(19)21(25)20-13-18(23-26-20)15-7-9-17(22)10-8-15/h2,4-5,7-10,12-13,19H,3,6,11H2,1H3/t19-/m0/s1. The van der Waals surface area contributed by atoms with Gasteiger partial charge in [0.25, 0.3) is 5.91 Å². The molecular formula is C21H19FN2O2. The number of aryl methyl sites for hydroxylation is 1. The topological polar surface area (TPSA) is 46.3 Å². The molecule has 1 aromatic heterocycles. The van der Waals surface area contributed by atoms with E-state index in [1.165, 1.54) is 17.7 Å². The van der Waals surface area contributed by atoms with E-state index >= 15 is 0 Å². The summed E-state index contributed by atoms with van der Waals surface area (Å²) in [7, 11) is 0. The maximum Gasteiger partial charge on any atom is 0.292 e. The third-order valence-electron chi connectivity index (χ3n) is 4.80. The molecule has 2 aromatic carbocycles. The van der Waals surface area contributed by atoms with Gasteiger partial charge in [0.2, 0.25) is 5.76 Å². The summed E-state index contributed by atoms with van der Waals surface area (Å²) in [5.41, 5.74) is 3.57. The quantitative estimate of drug-likeness (QED) is 0.684. The van der Waals surface area contributed by atoms with Crippen molar-refractivity contribution >= 4 is 5.91 Å². The van der Waals surface area contributed by atoms with Crippen molar-refractivity contribution in [1.82, 2.24) is 10.1 Å². The number of aromatic nitrogens is 1. The van der Waals surface area contributed by atoms with Crippen molar-refractivity contribution in [2.75, 3.05) is 6.54 Å². The average molecular weight is 350 g/mol. The number of amides is 1. The fourth-order valence-corrected chi connectivity index (χ4v) is 3.51. The highest BCUT2D eigenvalue weighted by atomic mass is 19.1. The second-order valence-electron chi connectivity index (χ2n) is 6.65. The first kappa shape index (κ1) is 16.5. The molecule has 0 bridgehead atoms. The van der Waals surface area contributed by atoms with Crippen LogP contribution in [0.3, 0.4) is 0 Å². The Hall–Kier alpha value is -2.95. The van der Waals surface area contributed by atoms with Crippen molar-refractivity contribution in [1.29, 1.82) is 0 Å². The first-order valence-corrected chi connectivity index (χ1v) is 8.72. The predicted molar refractivity (Wildman–Crippen MR) is 96.1 cm³/mol. The highest BCUT2D eigenvalue weighted by molar-refractivity contribution is 5.93. The number of halogens is 1. The van der Waals surface area contributed by atoms with Crippen LogP contribution in [0, 0.1) is 12.7 Å². The molecule has 26 heavy (non-hydrogen) atoms. The molecule has 0 unspecified atom stereocenters. The smallest absolute Gasteiger partial charge is 0.292 e. The second kappa shape index (κ2) is 6.75. The Bertz CT molecular complexity index is 933. The fraction of sp³-hybridized carbons (Fsp3) is 0.238. The monoisotopic (exact) mass is 350 g/mol. The van der Waals surface area contributed by atoms with Crippen LogP contribution in [0.2, 0.25) is 0 Å². The minimum Gasteiger partial charge on any atom is -0.350 e. The van der Waals surface area contributed by atoms with Crippen molar-refractivity contribution < 1.29 is 13.7 Å². The summed E-state index contributed by atoms with van der Waals surface area (Å²) in [4.78, 5) is 14.8. The molecule has 4 rings (SSSR count). The molecule has 1 fully saturated rings. The minimum absolute atomic E-state index is 0.0572. The molecule has 4 nitrogen and oxygen atoms in total. The number of hydrogen-bond acceptors (Lipinski definition) is 3. The molecule has 0 radical (unpaired) electrons. The van der Waals surface area contributed by atoms with Crippen LogP contribution in [0.1, 0.15) is 40.6 Å². The van der Waals surface area contributed by atoms with E-state index in [0.717, 1.165) is 18.4 Å². The Morgan fingerprint density at radius 3 is 2.77 bits per heavy atom. The molecule has 3 aromatic rings. The van der Waals surface area contributed by atoms with Crippen molar-refractivity contribution in [3.8, 4) is 11.3 Å². The molecule has 1 aliphatic rings. The number of carbonyl (C=O) groups is 1. The van der Waals surface area contributed by atoms with E-state index < -0.39 is 0 Å². The molecule has 0 spiro atoms. The zero-order valence-corrected chi connectivity index (χ0v) is 14.5. The lowest BCUT2D eigenvalue weighted by Gasteiger charge is -2.24. The van der Waals surface area contributed by atoms with Gasteiger partial charge in [-0.25, -0.2) is 4.39 Å². The third-order valence-corrected chi connectivity index (χ3v) is 4.80. The largest absolute Gasteiger partial charge is 0.350 e. The molecule has 0 aliphatic carbocycles. The van der Waals surface area contributed by atoms with Gasteiger partial charge in [0.1, 0.15) is 11.5 Å². The van der Waals surface area contributed by atoms with Crippen LogP contribution < -0.4 is 0 Å². The fourth-order valence-electron chi connectivity index (χ4n) is 3.51. The molecular weight excluding hydrogens is 331 g/mol. The van der Waals surface area contributed by atoms with Gasteiger partial charge < -0.3 is 9.42 Å². The molecule has 0 saturated carbocycles. The van der Waals surface area contributed by atoms with Gasteiger partial charge in [-0.2, -0.15) is 0 Å². The van der Waals surface area contributed by atoms with E-state index in [-0.39, 0.29) is 23.5 Å². The molecule has 0 N–H and O–H groups in total. The van der Waals surface area contributed by atoms with Crippen LogP contribution in [-0.4, -0.2) is 22.5 Å². The van der Waals surface area contributed by atoms with E-state index in [0.29, 0.717) is 17.8 Å². The first-order chi connectivity index (χ1) is 12.6. The zero-order valence-electron chi connectivity index (χ0n) is 14.5. The molecule has 5 heteroatoms. The summed E-state index contributed by atoms with van der Waals surface area (Å²) in [5, 5.41) is 3.98. The summed E-state index contributed by atoms with van der Waals surface area (Å²) in [5.74, 6) is -0.259. The van der Waals surface area contributed by atoms with E-state index in [1.807, 2.05) is 11.0 Å². The maximum atomic E-state index is 13.1. The Balaban J connectivity index is 1.58. The Labute approximate surface area is 151 Å². The number of nitrogens with zero attached hydrogens (tertiary/aromatic N) is 2. The van der Waals surface area contributed by atoms with Crippen LogP contribution in [-0.2, 0) is 0 Å². The zero-order chi connectivity index (χ0) is 18.1. The van der Waals surface area contributed by atoms with Crippen molar-refractivity contribution in [2.45, 2.75) is 25.8 Å². The lowest BCUT2D eigenvalue weighted by atomic mass is 10.0. The van der Waals surface area contributed by atoms with Crippen LogP contribution >= 0.6 is 0 Å². The van der Waals surface area contributed by atoms with Gasteiger partial charge in [0.15, 0.2) is 0 Å². The summed E-state index contributed by atoms with van der Waals surface area (Å²) in [6.07, 6.45) is 1.90. The number of hydrogen-bond donors (Lipinski definition) is 0. The second-order valence-corrected chi connectivity index (χ2v) is 6.65. The van der Waals surface area contributed by atoms with E-state index in [4.69, 9.17) is 4.52 Å². The molecule has 1 saturated heterocycles. The molecule has 1 atom stereocenters. The number of rotatable bonds is 3. The van der Waals surface area contributed by atoms with Gasteiger partial charge in [-0.1, -0.05) is 35.0 Å². The van der Waals surface area contributed by atoms with Gasteiger partial charge in [-0.3, -0.25) is 4.79 Å². The van der Waals surface area contributed by atoms with Gasteiger partial charge in [-0.15, -0.1) is 0 Å². The van der Waals surface area contributed by atoms with Crippen molar-refractivity contribution in [2.24, 2.45) is 0 Å². The van der Waals surface area contributed by atoms with Gasteiger partial charge in [0.05, 0.1) is 6.04 Å². The molecule has 2 heterocycles. The van der Waals surface area contributed by atoms with Crippen LogP contribution in [0.15, 0.2) is 59.1 Å². The van der Waals surface area contributed by atoms with Gasteiger partial charge >= 0.3 is 0 Å². The lowest BCUT2D eigenvalue weighted by Crippen LogP contribution is -2.30. The Morgan fingerprint density at radius 2 is 2.00 bits per heavy atom. The van der Waals surface area contributed by atoms with Crippen LogP contribution in [0.5, 0.6) is 0 Å². The van der Waals surface area contributed by atoms with E-state index in [9.17, 15) is 9.18 Å². The van der Waals surface area contributed by atoms with E-state index in [2.05, 4.69) is 30.3 Å². The summed E-state index contributed by atoms with van der Waals surface area (Å²) >= 11 is 0. The third kappa shape index (κ3) is 3.12. The van der Waals surface area contributed by atoms with Crippen molar-refractivity contribution in [3.05, 3.63) is 77.3 Å². The summed E-state index contributed by atoms with van der Waals surface area (Å²) in [6, 6.07) is 15.9. The van der Waals surface area contributed by atoms with Crippen LogP contribution in [0.25, 0.3) is 11.3 Å². The minimum atomic E-state index is -0.313. The predicted octanol–water partition coefficient (Wildman–Crippen LogP) is 4.77. The van der Waals surface area contributed by atoms with Crippen molar-refractivity contribution in [3.63, 3.8) is 0 Å². The maximum absolute atomic E-state index is 13.1. The van der Waals surface area contributed by atoms with Crippen LogP contribution in [0.4, 0.5) is 4.39 Å². The number of benzene rings is 2. The van der Waals surface area contributed by atoms with Gasteiger partial charge in [0, 0.05) is 18.2 Å². The Kier molecular flexibility index (Phi) is 4.29. The summed E-state index contributed by atoms with van der Waals surface area (Å²) < 4.78 is 18.4.